The number of nitrogens with zero attached hydrogens (tertiary/aromatic N) is 1. The number of benzene rings is 4. The Morgan fingerprint density at radius 3 is 1.83 bits per heavy atom. The minimum atomic E-state index is -4.64. The number of carbonyl (C=O) groups is 2. The number of imide groups is 1. The van der Waals surface area contributed by atoms with Gasteiger partial charge in [0.1, 0.15) is 4.90 Å². The topological polar surface area (TPSA) is 91.8 Å². The quantitative estimate of drug-likeness (QED) is 0.229. The van der Waals surface area contributed by atoms with Gasteiger partial charge in [0.2, 0.25) is 0 Å². The van der Waals surface area contributed by atoms with E-state index in [0.717, 1.165) is 27.7 Å². The molecule has 172 valence electrons. The van der Waals surface area contributed by atoms with Crippen LogP contribution in [0.5, 0.6) is 0 Å². The zero-order valence-electron chi connectivity index (χ0n) is 18.3. The van der Waals surface area contributed by atoms with Crippen molar-refractivity contribution in [2.75, 3.05) is 4.90 Å². The molecule has 5 rings (SSSR count). The minimum Gasteiger partial charge on any atom is -0.282 e. The van der Waals surface area contributed by atoms with Crippen molar-refractivity contribution in [2.24, 2.45) is 0 Å². The Hall–Kier alpha value is -4.33. The largest absolute Gasteiger partial charge is 0.295 e. The van der Waals surface area contributed by atoms with Crippen molar-refractivity contribution in [2.45, 2.75) is 4.90 Å². The molecule has 0 fully saturated rings. The van der Waals surface area contributed by atoms with Crippen molar-refractivity contribution in [1.82, 2.24) is 0 Å². The van der Waals surface area contributed by atoms with E-state index in [1.807, 2.05) is 54.6 Å². The Kier molecular flexibility index (Phi) is 5.64. The number of hydrogen-bond acceptors (Lipinski definition) is 4. The van der Waals surface area contributed by atoms with Crippen molar-refractivity contribution < 1.29 is 22.6 Å². The van der Waals surface area contributed by atoms with E-state index in [4.69, 9.17) is 0 Å². The first-order valence-electron chi connectivity index (χ1n) is 10.8. The van der Waals surface area contributed by atoms with Gasteiger partial charge >= 0.3 is 0 Å². The highest BCUT2D eigenvalue weighted by atomic mass is 32.2. The van der Waals surface area contributed by atoms with Gasteiger partial charge in [0.05, 0.1) is 16.8 Å². The average molecular weight is 482 g/mol. The molecule has 35 heavy (non-hydrogen) atoms. The summed E-state index contributed by atoms with van der Waals surface area (Å²) in [7, 11) is -4.64. The summed E-state index contributed by atoms with van der Waals surface area (Å²) in [6, 6.07) is 28.1. The summed E-state index contributed by atoms with van der Waals surface area (Å²) in [5.74, 6) is -1.10. The fourth-order valence-corrected chi connectivity index (χ4v) is 4.75. The van der Waals surface area contributed by atoms with Crippen LogP contribution >= 0.6 is 0 Å². The van der Waals surface area contributed by atoms with Crippen LogP contribution in [0.25, 0.3) is 23.3 Å². The van der Waals surface area contributed by atoms with Crippen molar-refractivity contribution >= 4 is 39.8 Å². The lowest BCUT2D eigenvalue weighted by Gasteiger charge is -2.15. The molecule has 1 N–H and O–H groups in total. The van der Waals surface area contributed by atoms with Gasteiger partial charge in [0, 0.05) is 0 Å². The molecule has 6 nitrogen and oxygen atoms in total. The number of rotatable bonds is 5. The van der Waals surface area contributed by atoms with E-state index in [1.165, 1.54) is 12.1 Å². The van der Waals surface area contributed by atoms with Gasteiger partial charge < -0.3 is 0 Å². The molecule has 2 amide bonds. The summed E-state index contributed by atoms with van der Waals surface area (Å²) in [6.07, 6.45) is 3.28. The van der Waals surface area contributed by atoms with Gasteiger partial charge in [-0.3, -0.25) is 14.1 Å². The molecule has 4 aromatic carbocycles. The first-order valence-corrected chi connectivity index (χ1v) is 12.2. The lowest BCUT2D eigenvalue weighted by Crippen LogP contribution is -2.29. The fourth-order valence-electron chi connectivity index (χ4n) is 4.05. The number of amides is 2. The van der Waals surface area contributed by atoms with Gasteiger partial charge in [-0.25, -0.2) is 4.90 Å². The van der Waals surface area contributed by atoms with Gasteiger partial charge in [-0.05, 0) is 46.5 Å². The Bertz CT molecular complexity index is 1560. The zero-order chi connectivity index (χ0) is 24.6. The maximum atomic E-state index is 12.8. The minimum absolute atomic E-state index is 0.0631. The van der Waals surface area contributed by atoms with Crippen LogP contribution in [-0.2, 0) is 10.1 Å². The molecule has 4 aromatic rings. The third-order valence-electron chi connectivity index (χ3n) is 5.80. The van der Waals surface area contributed by atoms with Crippen molar-refractivity contribution in [3.8, 4) is 11.1 Å². The van der Waals surface area contributed by atoms with Crippen molar-refractivity contribution in [3.05, 3.63) is 119 Å². The Labute approximate surface area is 202 Å². The zero-order valence-corrected chi connectivity index (χ0v) is 19.1. The summed E-state index contributed by atoms with van der Waals surface area (Å²) in [5.41, 5.74) is 3.73. The van der Waals surface area contributed by atoms with E-state index < -0.39 is 26.8 Å². The van der Waals surface area contributed by atoms with E-state index in [9.17, 15) is 22.6 Å². The monoisotopic (exact) mass is 481 g/mol. The van der Waals surface area contributed by atoms with Crippen LogP contribution in [0.3, 0.4) is 0 Å². The van der Waals surface area contributed by atoms with Crippen molar-refractivity contribution in [1.29, 1.82) is 0 Å². The molecule has 0 aromatic heterocycles. The third kappa shape index (κ3) is 4.30. The lowest BCUT2D eigenvalue weighted by molar-refractivity contribution is 0.0926. The first kappa shape index (κ1) is 22.5. The SMILES string of the molecule is O=C1c2ccccc2C(=O)N1c1ccc(C=Cc2ccc(-c3ccccc3)cc2)c(S(=O)(=O)O)c1. The van der Waals surface area contributed by atoms with Crippen LogP contribution in [0.15, 0.2) is 102 Å². The van der Waals surface area contributed by atoms with Crippen LogP contribution in [-0.4, -0.2) is 24.8 Å². The average Bonchev–Trinajstić information content (AvgIpc) is 3.13. The van der Waals surface area contributed by atoms with E-state index in [1.54, 1.807) is 36.4 Å². The molecule has 1 aliphatic rings. The number of fused-ring (bicyclic) bond motifs is 1. The molecule has 1 heterocycles. The molecule has 0 unspecified atom stereocenters. The van der Waals surface area contributed by atoms with E-state index >= 15 is 0 Å². The molecule has 0 radical (unpaired) electrons. The normalized spacial score (nSPS) is 13.5. The number of carbonyl (C=O) groups excluding carboxylic acids is 2. The van der Waals surface area contributed by atoms with Gasteiger partial charge in [-0.2, -0.15) is 8.42 Å². The summed E-state index contributed by atoms with van der Waals surface area (Å²) >= 11 is 0. The summed E-state index contributed by atoms with van der Waals surface area (Å²) in [6.45, 7) is 0. The standard InChI is InChI=1S/C28H19NO5S/c30-27-24-8-4-5-9-25(24)28(31)29(27)23-17-16-22(26(18-23)35(32,33)34)15-12-19-10-13-21(14-11-19)20-6-2-1-3-7-20/h1-18H,(H,32,33,34). The smallest absolute Gasteiger partial charge is 0.282 e. The second-order valence-corrected chi connectivity index (χ2v) is 9.40. The highest BCUT2D eigenvalue weighted by Gasteiger charge is 2.36. The van der Waals surface area contributed by atoms with Crippen molar-refractivity contribution in [3.63, 3.8) is 0 Å². The molecule has 0 saturated heterocycles. The third-order valence-corrected chi connectivity index (χ3v) is 6.71. The van der Waals surface area contributed by atoms with Gasteiger partial charge in [-0.15, -0.1) is 0 Å². The Morgan fingerprint density at radius 1 is 0.657 bits per heavy atom. The second-order valence-electron chi connectivity index (χ2n) is 8.01. The highest BCUT2D eigenvalue weighted by molar-refractivity contribution is 7.86. The Morgan fingerprint density at radius 2 is 1.23 bits per heavy atom. The molecule has 0 bridgehead atoms. The van der Waals surface area contributed by atoms with Crippen LogP contribution in [0.2, 0.25) is 0 Å². The second kappa shape index (κ2) is 8.79. The highest BCUT2D eigenvalue weighted by Crippen LogP contribution is 2.31. The number of hydrogen-bond donors (Lipinski definition) is 1. The predicted octanol–water partition coefficient (Wildman–Crippen LogP) is 5.57. The molecule has 0 saturated carbocycles. The maximum Gasteiger partial charge on any atom is 0.295 e. The molecule has 0 aliphatic carbocycles. The van der Waals surface area contributed by atoms with Crippen LogP contribution in [0.4, 0.5) is 5.69 Å². The van der Waals surface area contributed by atoms with Crippen LogP contribution < -0.4 is 4.90 Å². The molecule has 1 aliphatic heterocycles. The van der Waals surface area contributed by atoms with E-state index in [2.05, 4.69) is 0 Å². The van der Waals surface area contributed by atoms with Gasteiger partial charge in [0.15, 0.2) is 0 Å². The molecular weight excluding hydrogens is 462 g/mol. The molecule has 0 atom stereocenters. The molecule has 7 heteroatoms. The van der Waals surface area contributed by atoms with Crippen LogP contribution in [0, 0.1) is 0 Å². The predicted molar refractivity (Wildman–Crippen MR) is 135 cm³/mol. The van der Waals surface area contributed by atoms with Crippen LogP contribution in [0.1, 0.15) is 31.8 Å². The van der Waals surface area contributed by atoms with E-state index in [-0.39, 0.29) is 22.4 Å². The van der Waals surface area contributed by atoms with E-state index in [0.29, 0.717) is 0 Å². The summed E-state index contributed by atoms with van der Waals surface area (Å²) in [5, 5.41) is 0. The Balaban J connectivity index is 1.46. The number of anilines is 1. The summed E-state index contributed by atoms with van der Waals surface area (Å²) in [4.78, 5) is 26.1. The summed E-state index contributed by atoms with van der Waals surface area (Å²) < 4.78 is 34.1. The maximum absolute atomic E-state index is 12.8. The molecule has 0 spiro atoms. The van der Waals surface area contributed by atoms with Gasteiger partial charge in [0.25, 0.3) is 21.9 Å². The van der Waals surface area contributed by atoms with Gasteiger partial charge in [-0.1, -0.05) is 84.9 Å². The fraction of sp³-hybridized carbons (Fsp3) is 0. The molecular formula is C28H19NO5S. The first-order chi connectivity index (χ1) is 16.8. The lowest BCUT2D eigenvalue weighted by atomic mass is 10.0.